The third kappa shape index (κ3) is 4.21. The molecule has 1 rings (SSSR count). The van der Waals surface area contributed by atoms with Gasteiger partial charge in [-0.15, -0.1) is 0 Å². The number of rotatable bonds is 4. The van der Waals surface area contributed by atoms with E-state index in [9.17, 15) is 14.4 Å². The number of hydrogen-bond acceptors (Lipinski definition) is 4. The van der Waals surface area contributed by atoms with Gasteiger partial charge >= 0.3 is 12.0 Å². The van der Waals surface area contributed by atoms with E-state index in [4.69, 9.17) is 10.2 Å². The number of carbonyl (C=O) groups excluding carboxylic acids is 2. The second kappa shape index (κ2) is 6.20. The van der Waals surface area contributed by atoms with Crippen LogP contribution < -0.4 is 10.6 Å². The molecule has 2 atom stereocenters. The summed E-state index contributed by atoms with van der Waals surface area (Å²) in [7, 11) is 0. The molecule has 1 saturated heterocycles. The number of carboxylic acids is 1. The number of aliphatic hydroxyl groups excluding tert-OH is 1. The van der Waals surface area contributed by atoms with E-state index >= 15 is 0 Å². The highest BCUT2D eigenvalue weighted by molar-refractivity contribution is 5.77. The molecule has 2 unspecified atom stereocenters. The van der Waals surface area contributed by atoms with Crippen LogP contribution in [0.3, 0.4) is 0 Å². The molecule has 1 heterocycles. The Morgan fingerprint density at radius 2 is 2.11 bits per heavy atom. The van der Waals surface area contributed by atoms with Crippen LogP contribution in [0.2, 0.25) is 0 Å². The molecule has 0 aromatic carbocycles. The first kappa shape index (κ1) is 14.2. The minimum absolute atomic E-state index is 0.0716. The zero-order valence-corrected chi connectivity index (χ0v) is 10.0. The average Bonchev–Trinajstić information content (AvgIpc) is 2.72. The normalized spacial score (nSPS) is 20.3. The molecule has 0 saturated carbocycles. The standard InChI is InChI=1S/C10H17N3O5/c1-6(14)12-7-2-3-13(5-7)10(18)11-4-8(15)9(16)17/h7-8,15H,2-5H2,1H3,(H,11,18)(H,12,14)(H,16,17). The summed E-state index contributed by atoms with van der Waals surface area (Å²) in [5.41, 5.74) is 0. The van der Waals surface area contributed by atoms with Gasteiger partial charge in [-0.1, -0.05) is 0 Å². The fourth-order valence-corrected chi connectivity index (χ4v) is 1.73. The Balaban J connectivity index is 2.31. The van der Waals surface area contributed by atoms with Crippen molar-refractivity contribution < 1.29 is 24.6 Å². The molecule has 0 bridgehead atoms. The van der Waals surface area contributed by atoms with Crippen molar-refractivity contribution in [1.82, 2.24) is 15.5 Å². The molecular weight excluding hydrogens is 242 g/mol. The predicted molar refractivity (Wildman–Crippen MR) is 60.8 cm³/mol. The molecule has 18 heavy (non-hydrogen) atoms. The number of likely N-dealkylation sites (tertiary alicyclic amines) is 1. The van der Waals surface area contributed by atoms with Crippen molar-refractivity contribution in [2.45, 2.75) is 25.5 Å². The number of urea groups is 1. The summed E-state index contributed by atoms with van der Waals surface area (Å²) in [5, 5.41) is 22.5. The third-order valence-electron chi connectivity index (χ3n) is 2.61. The first-order chi connectivity index (χ1) is 8.40. The molecular formula is C10H17N3O5. The van der Waals surface area contributed by atoms with E-state index in [1.807, 2.05) is 0 Å². The van der Waals surface area contributed by atoms with Crippen molar-refractivity contribution in [3.05, 3.63) is 0 Å². The molecule has 0 radical (unpaired) electrons. The zero-order valence-electron chi connectivity index (χ0n) is 10.0. The van der Waals surface area contributed by atoms with E-state index < -0.39 is 18.1 Å². The maximum absolute atomic E-state index is 11.6. The summed E-state index contributed by atoms with van der Waals surface area (Å²) in [5.74, 6) is -1.53. The van der Waals surface area contributed by atoms with Crippen LogP contribution >= 0.6 is 0 Å². The van der Waals surface area contributed by atoms with Gasteiger partial charge < -0.3 is 25.7 Å². The Hall–Kier alpha value is -1.83. The average molecular weight is 259 g/mol. The third-order valence-corrected chi connectivity index (χ3v) is 2.61. The Labute approximate surface area is 104 Å². The molecule has 1 fully saturated rings. The first-order valence-corrected chi connectivity index (χ1v) is 5.61. The molecule has 3 amide bonds. The summed E-state index contributed by atoms with van der Waals surface area (Å²) in [4.78, 5) is 34.3. The van der Waals surface area contributed by atoms with Crippen molar-refractivity contribution in [2.24, 2.45) is 0 Å². The molecule has 1 aliphatic heterocycles. The molecule has 8 nitrogen and oxygen atoms in total. The predicted octanol–water partition coefficient (Wildman–Crippen LogP) is -1.65. The number of nitrogens with one attached hydrogen (secondary N) is 2. The molecule has 0 spiro atoms. The molecule has 8 heteroatoms. The molecule has 102 valence electrons. The second-order valence-corrected chi connectivity index (χ2v) is 4.17. The van der Waals surface area contributed by atoms with E-state index in [0.29, 0.717) is 19.5 Å². The monoisotopic (exact) mass is 259 g/mol. The van der Waals surface area contributed by atoms with E-state index in [1.54, 1.807) is 0 Å². The Morgan fingerprint density at radius 3 is 2.67 bits per heavy atom. The number of aliphatic hydroxyl groups is 1. The quantitative estimate of drug-likeness (QED) is 0.482. The summed E-state index contributed by atoms with van der Waals surface area (Å²) in [6.07, 6.45) is -0.947. The number of carboxylic acid groups (broad SMARTS) is 1. The summed E-state index contributed by atoms with van der Waals surface area (Å²) in [6.45, 7) is 1.94. The molecule has 1 aliphatic rings. The lowest BCUT2D eigenvalue weighted by Gasteiger charge is -2.18. The maximum Gasteiger partial charge on any atom is 0.334 e. The van der Waals surface area contributed by atoms with Crippen molar-refractivity contribution in [1.29, 1.82) is 0 Å². The minimum Gasteiger partial charge on any atom is -0.479 e. The topological polar surface area (TPSA) is 119 Å². The number of hydrogen-bond donors (Lipinski definition) is 4. The van der Waals surface area contributed by atoms with Gasteiger partial charge in [-0.25, -0.2) is 9.59 Å². The largest absolute Gasteiger partial charge is 0.479 e. The van der Waals surface area contributed by atoms with Gasteiger partial charge in [0.2, 0.25) is 5.91 Å². The highest BCUT2D eigenvalue weighted by atomic mass is 16.4. The lowest BCUT2D eigenvalue weighted by atomic mass is 10.3. The van der Waals surface area contributed by atoms with Crippen molar-refractivity contribution in [2.75, 3.05) is 19.6 Å². The van der Waals surface area contributed by atoms with Crippen LogP contribution in [-0.2, 0) is 9.59 Å². The van der Waals surface area contributed by atoms with Crippen molar-refractivity contribution >= 4 is 17.9 Å². The smallest absolute Gasteiger partial charge is 0.334 e. The Morgan fingerprint density at radius 1 is 1.44 bits per heavy atom. The molecule has 0 aliphatic carbocycles. The number of carbonyl (C=O) groups is 3. The number of nitrogens with zero attached hydrogens (tertiary/aromatic N) is 1. The minimum atomic E-state index is -1.61. The fourth-order valence-electron chi connectivity index (χ4n) is 1.73. The van der Waals surface area contributed by atoms with Gasteiger partial charge in [0.05, 0.1) is 6.54 Å². The zero-order chi connectivity index (χ0) is 13.7. The van der Waals surface area contributed by atoms with Crippen LogP contribution in [0.5, 0.6) is 0 Å². The van der Waals surface area contributed by atoms with E-state index in [1.165, 1.54) is 11.8 Å². The van der Waals surface area contributed by atoms with Crippen molar-refractivity contribution in [3.63, 3.8) is 0 Å². The molecule has 0 aromatic heterocycles. The van der Waals surface area contributed by atoms with Gasteiger partial charge in [-0.2, -0.15) is 0 Å². The van der Waals surface area contributed by atoms with Crippen LogP contribution in [0, 0.1) is 0 Å². The van der Waals surface area contributed by atoms with Gasteiger partial charge in [0, 0.05) is 26.1 Å². The molecule has 4 N–H and O–H groups in total. The van der Waals surface area contributed by atoms with E-state index in [-0.39, 0.29) is 18.5 Å². The highest BCUT2D eigenvalue weighted by Gasteiger charge is 2.27. The lowest BCUT2D eigenvalue weighted by molar-refractivity contribution is -0.146. The number of aliphatic carboxylic acids is 1. The Kier molecular flexibility index (Phi) is 4.90. The number of amides is 3. The SMILES string of the molecule is CC(=O)NC1CCN(C(=O)NCC(O)C(=O)O)C1. The maximum atomic E-state index is 11.6. The summed E-state index contributed by atoms with van der Waals surface area (Å²) >= 11 is 0. The van der Waals surface area contributed by atoms with Gasteiger partial charge in [-0.3, -0.25) is 4.79 Å². The van der Waals surface area contributed by atoms with Crippen LogP contribution in [0.25, 0.3) is 0 Å². The van der Waals surface area contributed by atoms with E-state index in [2.05, 4.69) is 10.6 Å². The van der Waals surface area contributed by atoms with Crippen LogP contribution in [-0.4, -0.2) is 64.8 Å². The second-order valence-electron chi connectivity index (χ2n) is 4.17. The van der Waals surface area contributed by atoms with Gasteiger partial charge in [0.15, 0.2) is 6.10 Å². The van der Waals surface area contributed by atoms with Crippen LogP contribution in [0.1, 0.15) is 13.3 Å². The first-order valence-electron chi connectivity index (χ1n) is 5.61. The van der Waals surface area contributed by atoms with Gasteiger partial charge in [-0.05, 0) is 6.42 Å². The highest BCUT2D eigenvalue weighted by Crippen LogP contribution is 2.08. The fraction of sp³-hybridized carbons (Fsp3) is 0.700. The van der Waals surface area contributed by atoms with E-state index in [0.717, 1.165) is 0 Å². The van der Waals surface area contributed by atoms with Crippen molar-refractivity contribution in [3.8, 4) is 0 Å². The Bertz CT molecular complexity index is 346. The van der Waals surface area contributed by atoms with Gasteiger partial charge in [0.1, 0.15) is 0 Å². The molecule has 0 aromatic rings. The summed E-state index contributed by atoms with van der Waals surface area (Å²) in [6, 6.07) is -0.513. The van der Waals surface area contributed by atoms with Crippen LogP contribution in [0.4, 0.5) is 4.79 Å². The summed E-state index contributed by atoms with van der Waals surface area (Å²) < 4.78 is 0. The van der Waals surface area contributed by atoms with Crippen LogP contribution in [0.15, 0.2) is 0 Å². The van der Waals surface area contributed by atoms with Gasteiger partial charge in [0.25, 0.3) is 0 Å². The lowest BCUT2D eigenvalue weighted by Crippen LogP contribution is -2.45.